The molecule has 2 heterocycles. The van der Waals surface area contributed by atoms with Gasteiger partial charge < -0.3 is 14.0 Å². The number of methoxy groups -OCH3 is 1. The van der Waals surface area contributed by atoms with Crippen LogP contribution in [-0.4, -0.2) is 64.8 Å². The van der Waals surface area contributed by atoms with Gasteiger partial charge in [-0.25, -0.2) is 14.6 Å². The molecule has 2 amide bonds. The maximum Gasteiger partial charge on any atom is 0.410 e. The summed E-state index contributed by atoms with van der Waals surface area (Å²) in [6.07, 6.45) is 3.96. The first-order valence-electron chi connectivity index (χ1n) is 8.18. The number of piperazine rings is 1. The van der Waals surface area contributed by atoms with E-state index in [2.05, 4.69) is 9.72 Å². The van der Waals surface area contributed by atoms with Crippen molar-refractivity contribution in [3.05, 3.63) is 18.1 Å². The lowest BCUT2D eigenvalue weighted by Crippen LogP contribution is -2.53. The van der Waals surface area contributed by atoms with Crippen LogP contribution in [0.3, 0.4) is 0 Å². The Kier molecular flexibility index (Phi) is 5.69. The monoisotopic (exact) mass is 364 g/mol. The van der Waals surface area contributed by atoms with Gasteiger partial charge in [0, 0.05) is 32.4 Å². The highest BCUT2D eigenvalue weighted by atomic mass is 16.6. The van der Waals surface area contributed by atoms with Gasteiger partial charge >= 0.3 is 12.1 Å². The van der Waals surface area contributed by atoms with Crippen molar-refractivity contribution in [1.82, 2.24) is 14.5 Å². The van der Waals surface area contributed by atoms with Crippen molar-refractivity contribution in [2.75, 3.05) is 31.6 Å². The van der Waals surface area contributed by atoms with E-state index in [9.17, 15) is 14.4 Å². The van der Waals surface area contributed by atoms with Gasteiger partial charge in [-0.2, -0.15) is 0 Å². The van der Waals surface area contributed by atoms with Crippen LogP contribution in [-0.2, 0) is 26.1 Å². The van der Waals surface area contributed by atoms with Crippen LogP contribution in [0, 0.1) is 0 Å². The minimum absolute atomic E-state index is 0.0706. The molecule has 0 saturated carbocycles. The summed E-state index contributed by atoms with van der Waals surface area (Å²) >= 11 is 0. The summed E-state index contributed by atoms with van der Waals surface area (Å²) in [5.74, 6) is 0.235. The Morgan fingerprint density at radius 2 is 1.96 bits per heavy atom. The number of aryl methyl sites for hydroxylation is 1. The predicted molar refractivity (Wildman–Crippen MR) is 94.4 cm³/mol. The Morgan fingerprint density at radius 1 is 1.27 bits per heavy atom. The number of hydrogen-bond donors (Lipinski definition) is 0. The van der Waals surface area contributed by atoms with Gasteiger partial charge in [0.25, 0.3) is 0 Å². The van der Waals surface area contributed by atoms with Gasteiger partial charge in [-0.15, -0.1) is 0 Å². The summed E-state index contributed by atoms with van der Waals surface area (Å²) in [7, 11) is 3.05. The highest BCUT2D eigenvalue weighted by molar-refractivity contribution is 5.96. The molecule has 142 valence electrons. The van der Waals surface area contributed by atoms with E-state index in [4.69, 9.17) is 4.74 Å². The lowest BCUT2D eigenvalue weighted by molar-refractivity contribution is -0.134. The molecular formula is C17H24N4O5. The second kappa shape index (κ2) is 7.59. The van der Waals surface area contributed by atoms with Crippen molar-refractivity contribution < 1.29 is 23.9 Å². The molecule has 0 unspecified atom stereocenters. The van der Waals surface area contributed by atoms with Crippen molar-refractivity contribution in [3.63, 3.8) is 0 Å². The topological polar surface area (TPSA) is 94.0 Å². The fourth-order valence-corrected chi connectivity index (χ4v) is 2.36. The van der Waals surface area contributed by atoms with Crippen molar-refractivity contribution in [3.8, 4) is 0 Å². The van der Waals surface area contributed by atoms with Crippen molar-refractivity contribution >= 4 is 29.9 Å². The van der Waals surface area contributed by atoms with Crippen LogP contribution in [0.25, 0.3) is 6.08 Å². The number of hydrogen-bond acceptors (Lipinski definition) is 6. The second-order valence-corrected chi connectivity index (χ2v) is 6.87. The number of anilines is 1. The highest BCUT2D eigenvalue weighted by Gasteiger charge is 2.31. The van der Waals surface area contributed by atoms with Gasteiger partial charge in [0.2, 0.25) is 5.91 Å². The molecule has 1 aromatic rings. The van der Waals surface area contributed by atoms with E-state index in [0.29, 0.717) is 24.7 Å². The Hall–Kier alpha value is -2.84. The lowest BCUT2D eigenvalue weighted by atomic mass is 10.2. The Bertz CT molecular complexity index is 732. The Morgan fingerprint density at radius 3 is 2.54 bits per heavy atom. The maximum absolute atomic E-state index is 12.4. The van der Waals surface area contributed by atoms with Crippen LogP contribution in [0.5, 0.6) is 0 Å². The zero-order valence-electron chi connectivity index (χ0n) is 15.7. The first kappa shape index (κ1) is 19.5. The van der Waals surface area contributed by atoms with Gasteiger partial charge in [-0.1, -0.05) is 0 Å². The fourth-order valence-electron chi connectivity index (χ4n) is 2.36. The number of ether oxygens (including phenoxy) is 2. The summed E-state index contributed by atoms with van der Waals surface area (Å²) in [6, 6.07) is 0. The quantitative estimate of drug-likeness (QED) is 0.591. The van der Waals surface area contributed by atoms with Crippen LogP contribution in [0.15, 0.2) is 12.3 Å². The van der Waals surface area contributed by atoms with E-state index < -0.39 is 17.7 Å². The summed E-state index contributed by atoms with van der Waals surface area (Å²) in [5, 5.41) is 0. The number of imidazole rings is 1. The Balaban J connectivity index is 2.06. The molecule has 26 heavy (non-hydrogen) atoms. The molecule has 1 saturated heterocycles. The predicted octanol–water partition coefficient (Wildman–Crippen LogP) is 1.19. The van der Waals surface area contributed by atoms with Gasteiger partial charge in [-0.3, -0.25) is 14.6 Å². The van der Waals surface area contributed by atoms with Crippen molar-refractivity contribution in [2.24, 2.45) is 7.05 Å². The van der Waals surface area contributed by atoms with Gasteiger partial charge in [0.1, 0.15) is 18.0 Å². The fraction of sp³-hybridized carbons (Fsp3) is 0.529. The number of aromatic nitrogens is 2. The summed E-state index contributed by atoms with van der Waals surface area (Å²) in [6.45, 7) is 5.93. The molecule has 0 aromatic carbocycles. The molecule has 0 bridgehead atoms. The molecule has 0 atom stereocenters. The molecule has 0 N–H and O–H groups in total. The SMILES string of the molecule is COC(=O)/C=C/c1nc(N2CCN(C(=O)OC(C)(C)C)CC2=O)cn1C. The molecule has 1 aromatic heterocycles. The molecule has 1 aliphatic heterocycles. The normalized spacial score (nSPS) is 15.5. The van der Waals surface area contributed by atoms with Crippen LogP contribution >= 0.6 is 0 Å². The molecule has 9 nitrogen and oxygen atoms in total. The number of nitrogens with zero attached hydrogens (tertiary/aromatic N) is 4. The standard InChI is InChI=1S/C17H24N4O5/c1-17(2,3)26-16(24)20-8-9-21(14(22)11-20)13-10-19(4)12(18-13)6-7-15(23)25-5/h6-7,10H,8-9,11H2,1-5H3/b7-6+. The number of amides is 2. The average Bonchev–Trinajstić information content (AvgIpc) is 2.91. The average molecular weight is 364 g/mol. The minimum Gasteiger partial charge on any atom is -0.466 e. The third kappa shape index (κ3) is 4.84. The number of carbonyl (C=O) groups excluding carboxylic acids is 3. The molecule has 0 aliphatic carbocycles. The second-order valence-electron chi connectivity index (χ2n) is 6.87. The maximum atomic E-state index is 12.4. The van der Waals surface area contributed by atoms with Gasteiger partial charge in [-0.05, 0) is 26.8 Å². The van der Waals surface area contributed by atoms with Crippen molar-refractivity contribution in [1.29, 1.82) is 0 Å². The summed E-state index contributed by atoms with van der Waals surface area (Å²) in [5.41, 5.74) is -0.612. The molecule has 2 rings (SSSR count). The highest BCUT2D eigenvalue weighted by Crippen LogP contribution is 2.19. The number of rotatable bonds is 3. The van der Waals surface area contributed by atoms with E-state index in [1.54, 1.807) is 38.6 Å². The van der Waals surface area contributed by atoms with Gasteiger partial charge in [0.05, 0.1) is 7.11 Å². The zero-order valence-corrected chi connectivity index (χ0v) is 15.7. The molecular weight excluding hydrogens is 340 g/mol. The minimum atomic E-state index is -0.612. The van der Waals surface area contributed by atoms with Crippen molar-refractivity contribution in [2.45, 2.75) is 26.4 Å². The van der Waals surface area contributed by atoms with Gasteiger partial charge in [0.15, 0.2) is 5.82 Å². The zero-order chi connectivity index (χ0) is 19.5. The molecule has 0 radical (unpaired) electrons. The lowest BCUT2D eigenvalue weighted by Gasteiger charge is -2.34. The first-order chi connectivity index (χ1) is 12.1. The van der Waals surface area contributed by atoms with Crippen LogP contribution in [0.4, 0.5) is 10.6 Å². The van der Waals surface area contributed by atoms with E-state index in [1.165, 1.54) is 29.1 Å². The third-order valence-corrected chi connectivity index (χ3v) is 3.62. The van der Waals surface area contributed by atoms with E-state index in [-0.39, 0.29) is 12.5 Å². The smallest absolute Gasteiger partial charge is 0.410 e. The van der Waals surface area contributed by atoms with Crippen LogP contribution < -0.4 is 4.90 Å². The first-order valence-corrected chi connectivity index (χ1v) is 8.18. The van der Waals surface area contributed by atoms with E-state index in [1.807, 2.05) is 0 Å². The van der Waals surface area contributed by atoms with E-state index >= 15 is 0 Å². The van der Waals surface area contributed by atoms with Crippen LogP contribution in [0.2, 0.25) is 0 Å². The largest absolute Gasteiger partial charge is 0.466 e. The molecule has 0 spiro atoms. The summed E-state index contributed by atoms with van der Waals surface area (Å²) in [4.78, 5) is 43.0. The molecule has 9 heteroatoms. The molecule has 1 fully saturated rings. The van der Waals surface area contributed by atoms with Crippen LogP contribution in [0.1, 0.15) is 26.6 Å². The number of carbonyl (C=O) groups is 3. The summed E-state index contributed by atoms with van der Waals surface area (Å²) < 4.78 is 11.5. The Labute approximate surface area is 152 Å². The van der Waals surface area contributed by atoms with E-state index in [0.717, 1.165) is 0 Å². The number of esters is 1. The third-order valence-electron chi connectivity index (χ3n) is 3.62. The molecule has 1 aliphatic rings.